The van der Waals surface area contributed by atoms with Gasteiger partial charge < -0.3 is 15.7 Å². The Bertz CT molecular complexity index is 596. The third kappa shape index (κ3) is 4.09. The zero-order chi connectivity index (χ0) is 14.4. The number of aromatic nitrogens is 3. The molecule has 0 aliphatic carbocycles. The molecule has 0 radical (unpaired) electrons. The van der Waals surface area contributed by atoms with Crippen molar-refractivity contribution in [1.29, 1.82) is 0 Å². The summed E-state index contributed by atoms with van der Waals surface area (Å²) >= 11 is 0. The lowest BCUT2D eigenvalue weighted by Crippen LogP contribution is -2.28. The van der Waals surface area contributed by atoms with Gasteiger partial charge in [-0.2, -0.15) is 5.10 Å². The van der Waals surface area contributed by atoms with Crippen molar-refractivity contribution in [3.63, 3.8) is 0 Å². The minimum Gasteiger partial charge on any atom is -0.480 e. The highest BCUT2D eigenvalue weighted by atomic mass is 16.4. The normalized spacial score (nSPS) is 10.0. The average molecular weight is 275 g/mol. The first-order chi connectivity index (χ1) is 9.63. The summed E-state index contributed by atoms with van der Waals surface area (Å²) in [4.78, 5) is 26.1. The van der Waals surface area contributed by atoms with E-state index in [9.17, 15) is 9.59 Å². The van der Waals surface area contributed by atoms with Crippen LogP contribution in [-0.2, 0) is 17.9 Å². The number of pyridine rings is 1. The molecule has 0 aromatic carbocycles. The zero-order valence-corrected chi connectivity index (χ0v) is 10.5. The first-order valence-corrected chi connectivity index (χ1v) is 5.81. The summed E-state index contributed by atoms with van der Waals surface area (Å²) < 4.78 is 1.22. The van der Waals surface area contributed by atoms with E-state index in [0.29, 0.717) is 12.2 Å². The molecule has 3 N–H and O–H groups in total. The molecule has 2 amide bonds. The number of urea groups is 1. The van der Waals surface area contributed by atoms with Gasteiger partial charge in [0.1, 0.15) is 6.54 Å². The van der Waals surface area contributed by atoms with Crippen LogP contribution in [0.5, 0.6) is 0 Å². The third-order valence-electron chi connectivity index (χ3n) is 2.36. The quantitative estimate of drug-likeness (QED) is 0.743. The Labute approximate surface area is 114 Å². The number of anilines is 1. The lowest BCUT2D eigenvalue weighted by Gasteiger charge is -2.05. The molecule has 0 fully saturated rings. The number of amides is 2. The SMILES string of the molecule is O=C(O)Cn1cc(NC(=O)NCc2cccnc2)cn1. The van der Waals surface area contributed by atoms with Crippen LogP contribution in [0.1, 0.15) is 5.56 Å². The second-order valence-electron chi connectivity index (χ2n) is 3.99. The Morgan fingerprint density at radius 1 is 1.35 bits per heavy atom. The van der Waals surface area contributed by atoms with E-state index in [0.717, 1.165) is 5.56 Å². The standard InChI is InChI=1S/C12H13N5O3/c18-11(19)8-17-7-10(6-15-17)16-12(20)14-5-9-2-1-3-13-4-9/h1-4,6-7H,5,8H2,(H,18,19)(H2,14,16,20). The van der Waals surface area contributed by atoms with Gasteiger partial charge in [-0.25, -0.2) is 4.79 Å². The molecule has 104 valence electrons. The van der Waals surface area contributed by atoms with Gasteiger partial charge in [0.05, 0.1) is 11.9 Å². The fourth-order valence-electron chi connectivity index (χ4n) is 1.51. The van der Waals surface area contributed by atoms with Gasteiger partial charge in [0, 0.05) is 25.1 Å². The van der Waals surface area contributed by atoms with E-state index in [-0.39, 0.29) is 6.54 Å². The molecule has 0 saturated carbocycles. The van der Waals surface area contributed by atoms with Gasteiger partial charge in [0.15, 0.2) is 0 Å². The van der Waals surface area contributed by atoms with Gasteiger partial charge in [-0.15, -0.1) is 0 Å². The van der Waals surface area contributed by atoms with Gasteiger partial charge in [0.2, 0.25) is 0 Å². The molecule has 2 aromatic heterocycles. The molecular weight excluding hydrogens is 262 g/mol. The topological polar surface area (TPSA) is 109 Å². The van der Waals surface area contributed by atoms with Crippen molar-refractivity contribution in [1.82, 2.24) is 20.1 Å². The number of carbonyl (C=O) groups is 2. The number of hydrogen-bond acceptors (Lipinski definition) is 4. The van der Waals surface area contributed by atoms with E-state index in [1.165, 1.54) is 17.1 Å². The van der Waals surface area contributed by atoms with Crippen LogP contribution in [0.15, 0.2) is 36.9 Å². The third-order valence-corrected chi connectivity index (χ3v) is 2.36. The lowest BCUT2D eigenvalue weighted by molar-refractivity contribution is -0.137. The molecular formula is C12H13N5O3. The maximum atomic E-state index is 11.6. The van der Waals surface area contributed by atoms with Crippen LogP contribution in [0.25, 0.3) is 0 Å². The Kier molecular flexibility index (Phi) is 4.28. The molecule has 20 heavy (non-hydrogen) atoms. The molecule has 8 nitrogen and oxygen atoms in total. The summed E-state index contributed by atoms with van der Waals surface area (Å²) in [6.07, 6.45) is 6.13. The Hall–Kier alpha value is -2.90. The monoisotopic (exact) mass is 275 g/mol. The van der Waals surface area contributed by atoms with Crippen LogP contribution in [0.3, 0.4) is 0 Å². The molecule has 2 heterocycles. The van der Waals surface area contributed by atoms with Crippen LogP contribution < -0.4 is 10.6 Å². The van der Waals surface area contributed by atoms with Gasteiger partial charge in [0.25, 0.3) is 0 Å². The van der Waals surface area contributed by atoms with E-state index in [1.54, 1.807) is 18.5 Å². The van der Waals surface area contributed by atoms with E-state index < -0.39 is 12.0 Å². The van der Waals surface area contributed by atoms with Crippen LogP contribution in [0.4, 0.5) is 10.5 Å². The number of carboxylic acids is 1. The molecule has 0 bridgehead atoms. The maximum Gasteiger partial charge on any atom is 0.325 e. The molecule has 8 heteroatoms. The summed E-state index contributed by atoms with van der Waals surface area (Å²) in [5.41, 5.74) is 1.30. The first-order valence-electron chi connectivity index (χ1n) is 5.81. The Balaban J connectivity index is 1.82. The second-order valence-corrected chi connectivity index (χ2v) is 3.99. The highest BCUT2D eigenvalue weighted by molar-refractivity contribution is 5.88. The number of rotatable bonds is 5. The zero-order valence-electron chi connectivity index (χ0n) is 10.5. The van der Waals surface area contributed by atoms with E-state index in [4.69, 9.17) is 5.11 Å². The van der Waals surface area contributed by atoms with E-state index >= 15 is 0 Å². The van der Waals surface area contributed by atoms with Crippen molar-refractivity contribution in [2.45, 2.75) is 13.1 Å². The number of hydrogen-bond donors (Lipinski definition) is 3. The van der Waals surface area contributed by atoms with Gasteiger partial charge in [-0.3, -0.25) is 14.5 Å². The van der Waals surface area contributed by atoms with Gasteiger partial charge in [-0.1, -0.05) is 6.07 Å². The summed E-state index contributed by atoms with van der Waals surface area (Å²) in [6.45, 7) is 0.0991. The smallest absolute Gasteiger partial charge is 0.325 e. The van der Waals surface area contributed by atoms with Crippen molar-refractivity contribution in [2.24, 2.45) is 0 Å². The molecule has 0 aliphatic rings. The van der Waals surface area contributed by atoms with Crippen molar-refractivity contribution in [3.05, 3.63) is 42.5 Å². The fraction of sp³-hybridized carbons (Fsp3) is 0.167. The number of carbonyl (C=O) groups excluding carboxylic acids is 1. The van der Waals surface area contributed by atoms with Crippen LogP contribution in [0.2, 0.25) is 0 Å². The summed E-state index contributed by atoms with van der Waals surface area (Å²) in [5.74, 6) is -0.999. The molecule has 2 rings (SSSR count). The number of nitrogens with one attached hydrogen (secondary N) is 2. The van der Waals surface area contributed by atoms with Crippen molar-refractivity contribution in [2.75, 3.05) is 5.32 Å². The number of carboxylic acid groups (broad SMARTS) is 1. The molecule has 0 spiro atoms. The maximum absolute atomic E-state index is 11.6. The van der Waals surface area contributed by atoms with Crippen molar-refractivity contribution >= 4 is 17.7 Å². The van der Waals surface area contributed by atoms with Gasteiger partial charge >= 0.3 is 12.0 Å². The molecule has 2 aromatic rings. The van der Waals surface area contributed by atoms with E-state index in [2.05, 4.69) is 20.7 Å². The number of nitrogens with zero attached hydrogens (tertiary/aromatic N) is 3. The molecule has 0 aliphatic heterocycles. The molecule has 0 saturated heterocycles. The second kappa shape index (κ2) is 6.32. The summed E-state index contributed by atoms with van der Waals surface area (Å²) in [7, 11) is 0. The van der Waals surface area contributed by atoms with Crippen LogP contribution in [0, 0.1) is 0 Å². The van der Waals surface area contributed by atoms with Gasteiger partial charge in [-0.05, 0) is 11.6 Å². The molecule has 0 atom stereocenters. The predicted octanol–water partition coefficient (Wildman–Crippen LogP) is 0.684. The average Bonchev–Trinajstić information content (AvgIpc) is 2.84. The first kappa shape index (κ1) is 13.5. The number of aliphatic carboxylic acids is 1. The predicted molar refractivity (Wildman–Crippen MR) is 70.0 cm³/mol. The van der Waals surface area contributed by atoms with Crippen LogP contribution >= 0.6 is 0 Å². The Morgan fingerprint density at radius 2 is 2.20 bits per heavy atom. The van der Waals surface area contributed by atoms with Crippen molar-refractivity contribution in [3.8, 4) is 0 Å². The summed E-state index contributed by atoms with van der Waals surface area (Å²) in [5, 5.41) is 17.6. The Morgan fingerprint density at radius 3 is 2.90 bits per heavy atom. The minimum atomic E-state index is -0.999. The minimum absolute atomic E-state index is 0.251. The fourth-order valence-corrected chi connectivity index (χ4v) is 1.51. The summed E-state index contributed by atoms with van der Waals surface area (Å²) in [6, 6.07) is 3.23. The van der Waals surface area contributed by atoms with Crippen molar-refractivity contribution < 1.29 is 14.7 Å². The highest BCUT2D eigenvalue weighted by Crippen LogP contribution is 2.04. The van der Waals surface area contributed by atoms with E-state index in [1.807, 2.05) is 6.07 Å². The van der Waals surface area contributed by atoms with Crippen LogP contribution in [-0.4, -0.2) is 31.9 Å². The lowest BCUT2D eigenvalue weighted by atomic mass is 10.3. The largest absolute Gasteiger partial charge is 0.480 e. The highest BCUT2D eigenvalue weighted by Gasteiger charge is 2.06. The molecule has 0 unspecified atom stereocenters.